The molecule has 1 atom stereocenters. The van der Waals surface area contributed by atoms with Crippen LogP contribution in [0.3, 0.4) is 0 Å². The maximum absolute atomic E-state index is 6.48. The fourth-order valence-electron chi connectivity index (χ4n) is 4.04. The molecule has 9 heteroatoms. The third-order valence-electron chi connectivity index (χ3n) is 6.01. The van der Waals surface area contributed by atoms with Gasteiger partial charge < -0.3 is 12.7 Å². The van der Waals surface area contributed by atoms with Crippen LogP contribution in [-0.2, 0) is 12.7 Å². The van der Waals surface area contributed by atoms with Crippen LogP contribution in [0, 0.1) is 0 Å². The number of allylic oxidation sites excluding steroid dienone is 1. The van der Waals surface area contributed by atoms with Gasteiger partial charge in [0.15, 0.2) is 24.5 Å². The SMILES string of the molecule is C=CC[SiH](O[Si](C)(C)C)O[Si](C)(C)C.C=C[Si]1(C)OC(C)(C)C[Si](C)(C)[Si]1(C)C. The Labute approximate surface area is 189 Å². The fourth-order valence-corrected chi connectivity index (χ4v) is 42.2. The molecule has 1 fully saturated rings. The molecule has 3 nitrogen and oxygen atoms in total. The van der Waals surface area contributed by atoms with E-state index in [0.717, 1.165) is 6.04 Å². The van der Waals surface area contributed by atoms with Crippen LogP contribution in [0.25, 0.3) is 0 Å². The van der Waals surface area contributed by atoms with E-state index in [1.54, 1.807) is 0 Å². The van der Waals surface area contributed by atoms with Crippen molar-refractivity contribution in [2.24, 2.45) is 0 Å². The summed E-state index contributed by atoms with van der Waals surface area (Å²) in [6.45, 7) is 38.3. The predicted octanol–water partition coefficient (Wildman–Crippen LogP) is 6.77. The van der Waals surface area contributed by atoms with Gasteiger partial charge in [0.1, 0.15) is 0 Å². The molecule has 0 radical (unpaired) electrons. The van der Waals surface area contributed by atoms with Crippen LogP contribution >= 0.6 is 0 Å². The van der Waals surface area contributed by atoms with Gasteiger partial charge in [-0.25, -0.2) is 0 Å². The summed E-state index contributed by atoms with van der Waals surface area (Å²) >= 11 is 0. The number of rotatable bonds is 7. The van der Waals surface area contributed by atoms with Crippen LogP contribution in [0.4, 0.5) is 0 Å². The van der Waals surface area contributed by atoms with Crippen LogP contribution in [0.5, 0.6) is 0 Å². The molecule has 0 N–H and O–H groups in total. The Morgan fingerprint density at radius 1 is 0.931 bits per heavy atom. The molecule has 0 aromatic heterocycles. The smallest absolute Gasteiger partial charge is 0.304 e. The Bertz CT molecular complexity index is 548. The molecular weight excluding hydrogens is 457 g/mol. The van der Waals surface area contributed by atoms with Crippen LogP contribution in [-0.4, -0.2) is 54.1 Å². The summed E-state index contributed by atoms with van der Waals surface area (Å²) in [6, 6.07) is 2.24. The lowest BCUT2D eigenvalue weighted by molar-refractivity contribution is 0.124. The van der Waals surface area contributed by atoms with Gasteiger partial charge in [-0.1, -0.05) is 38.0 Å². The molecule has 0 bridgehead atoms. The van der Waals surface area contributed by atoms with E-state index in [2.05, 4.69) is 105 Å². The van der Waals surface area contributed by atoms with Gasteiger partial charge in [-0.05, 0) is 65.7 Å². The minimum absolute atomic E-state index is 0.0907. The zero-order chi connectivity index (χ0) is 23.5. The molecule has 0 aromatic carbocycles. The highest BCUT2D eigenvalue weighted by molar-refractivity contribution is 7.68. The van der Waals surface area contributed by atoms with Crippen LogP contribution < -0.4 is 0 Å². The average Bonchev–Trinajstić information content (AvgIpc) is 2.41. The lowest BCUT2D eigenvalue weighted by Crippen LogP contribution is -2.78. The molecule has 172 valence electrons. The highest BCUT2D eigenvalue weighted by Gasteiger charge is 2.61. The summed E-state index contributed by atoms with van der Waals surface area (Å²) in [5.41, 5.74) is 2.29. The zero-order valence-corrected chi connectivity index (χ0v) is 27.9. The Morgan fingerprint density at radius 2 is 1.34 bits per heavy atom. The molecule has 1 saturated heterocycles. The van der Waals surface area contributed by atoms with E-state index in [-0.39, 0.29) is 5.60 Å². The Hall–Kier alpha value is 0.661. The van der Waals surface area contributed by atoms with E-state index >= 15 is 0 Å². The summed E-state index contributed by atoms with van der Waals surface area (Å²) in [4.78, 5) is 0. The second-order valence-corrected chi connectivity index (χ2v) is 50.2. The molecule has 0 saturated carbocycles. The van der Waals surface area contributed by atoms with Gasteiger partial charge in [0.25, 0.3) is 0 Å². The normalized spacial score (nSPS) is 25.7. The van der Waals surface area contributed by atoms with Crippen molar-refractivity contribution in [3.05, 3.63) is 24.9 Å². The Morgan fingerprint density at radius 3 is 1.66 bits per heavy atom. The molecule has 29 heavy (non-hydrogen) atoms. The largest absolute Gasteiger partial charge is 0.439 e. The minimum Gasteiger partial charge on any atom is -0.439 e. The maximum atomic E-state index is 6.48. The van der Waals surface area contributed by atoms with Crippen molar-refractivity contribution in [3.8, 4) is 0 Å². The summed E-state index contributed by atoms with van der Waals surface area (Å²) in [7, 11) is -8.34. The first-order valence-electron chi connectivity index (χ1n) is 10.9. The molecule has 1 unspecified atom stereocenters. The average molecular weight is 507 g/mol. The van der Waals surface area contributed by atoms with Crippen LogP contribution in [0.2, 0.25) is 84.1 Å². The molecule has 1 rings (SSSR count). The summed E-state index contributed by atoms with van der Waals surface area (Å²) in [5, 5.41) is 0. The highest BCUT2D eigenvalue weighted by atomic mass is 29.6. The van der Waals surface area contributed by atoms with Gasteiger partial charge >= 0.3 is 9.28 Å². The first-order chi connectivity index (χ1) is 12.6. The van der Waals surface area contributed by atoms with Gasteiger partial charge in [-0.3, -0.25) is 0 Å². The van der Waals surface area contributed by atoms with Crippen molar-refractivity contribution in [2.45, 2.75) is 104 Å². The Balaban J connectivity index is 0.000000543. The van der Waals surface area contributed by atoms with Gasteiger partial charge in [0.05, 0.1) is 7.11 Å². The second kappa shape index (κ2) is 10.1. The van der Waals surface area contributed by atoms with E-state index < -0.39 is 48.5 Å². The van der Waals surface area contributed by atoms with E-state index in [9.17, 15) is 0 Å². The van der Waals surface area contributed by atoms with Crippen molar-refractivity contribution in [1.82, 2.24) is 0 Å². The predicted molar refractivity (Wildman–Crippen MR) is 148 cm³/mol. The van der Waals surface area contributed by atoms with Crippen LogP contribution in [0.15, 0.2) is 24.9 Å². The van der Waals surface area contributed by atoms with Gasteiger partial charge in [0, 0.05) is 19.2 Å². The lowest BCUT2D eigenvalue weighted by Gasteiger charge is -2.57. The molecule has 1 heterocycles. The third-order valence-corrected chi connectivity index (χ3v) is 53.4. The van der Waals surface area contributed by atoms with Crippen molar-refractivity contribution in [3.63, 3.8) is 0 Å². The van der Waals surface area contributed by atoms with Crippen LogP contribution in [0.1, 0.15) is 13.8 Å². The first kappa shape index (κ1) is 29.7. The quantitative estimate of drug-likeness (QED) is 0.282. The van der Waals surface area contributed by atoms with Gasteiger partial charge in [-0.15, -0.1) is 13.2 Å². The molecular formula is C20H50O3Si6. The molecule has 1 aliphatic heterocycles. The minimum atomic E-state index is -1.64. The molecule has 0 amide bonds. The van der Waals surface area contributed by atoms with Gasteiger partial charge in [0.2, 0.25) is 0 Å². The standard InChI is InChI=1S/C11H26OSi3.C9H24O2Si3/c1-9-15(8)12-11(2,3)10-13(4,5)14(15,6)7;1-8-9-12(10-13(2,3)4)11-14(5,6)7/h9H,1,10H2,2-8H3;8,12H,1,9H2,2-7H3. The number of hydrogen-bond acceptors (Lipinski definition) is 3. The first-order valence-corrected chi connectivity index (χ1v) is 30.2. The summed E-state index contributed by atoms with van der Waals surface area (Å²) < 4.78 is 18.6. The zero-order valence-electron chi connectivity index (χ0n) is 21.8. The highest BCUT2D eigenvalue weighted by Crippen LogP contribution is 2.43. The van der Waals surface area contributed by atoms with E-state index in [4.69, 9.17) is 12.7 Å². The van der Waals surface area contributed by atoms with E-state index in [1.807, 2.05) is 6.08 Å². The molecule has 0 spiro atoms. The van der Waals surface area contributed by atoms with Crippen molar-refractivity contribution >= 4 is 48.5 Å². The molecule has 0 aromatic rings. The van der Waals surface area contributed by atoms with Gasteiger partial charge in [-0.2, -0.15) is 0 Å². The molecule has 0 aliphatic carbocycles. The maximum Gasteiger partial charge on any atom is 0.304 e. The molecule has 1 aliphatic rings. The van der Waals surface area contributed by atoms with Crippen molar-refractivity contribution in [1.29, 1.82) is 0 Å². The fraction of sp³-hybridized carbons (Fsp3) is 0.800. The summed E-state index contributed by atoms with van der Waals surface area (Å²) in [6.07, 6.45) is 1.93. The monoisotopic (exact) mass is 506 g/mol. The van der Waals surface area contributed by atoms with Crippen molar-refractivity contribution < 1.29 is 12.7 Å². The third kappa shape index (κ3) is 9.36. The van der Waals surface area contributed by atoms with E-state index in [0.29, 0.717) is 0 Å². The van der Waals surface area contributed by atoms with Crippen molar-refractivity contribution in [2.75, 3.05) is 0 Å². The lowest BCUT2D eigenvalue weighted by atomic mass is 10.2. The summed E-state index contributed by atoms with van der Waals surface area (Å²) in [5.74, 6) is 0. The topological polar surface area (TPSA) is 27.7 Å². The second-order valence-electron chi connectivity index (χ2n) is 12.3. The van der Waals surface area contributed by atoms with E-state index in [1.165, 1.54) is 6.04 Å². The number of hydrogen-bond donors (Lipinski definition) is 0. The Kier molecular flexibility index (Phi) is 10.3.